The predicted octanol–water partition coefficient (Wildman–Crippen LogP) is 1.01. The fourth-order valence-corrected chi connectivity index (χ4v) is 2.50. The van der Waals surface area contributed by atoms with Crippen molar-refractivity contribution in [1.82, 2.24) is 15.1 Å². The van der Waals surface area contributed by atoms with Crippen molar-refractivity contribution in [2.45, 2.75) is 38.7 Å². The minimum Gasteiger partial charge on any atom is -0.393 e. The molecule has 5 heteroatoms. The summed E-state index contributed by atoms with van der Waals surface area (Å²) in [5, 5.41) is 16.5. The first-order valence-electron chi connectivity index (χ1n) is 6.52. The summed E-state index contributed by atoms with van der Waals surface area (Å²) in [5.74, 6) is 0.445. The number of nitrogens with zero attached hydrogens (tertiary/aromatic N) is 2. The number of hydrogen-bond donors (Lipinski definition) is 2. The Kier molecular flexibility index (Phi) is 4.01. The van der Waals surface area contributed by atoms with Crippen molar-refractivity contribution in [1.29, 1.82) is 0 Å². The molecular formula is C13H21N3O2. The maximum absolute atomic E-state index is 12.0. The summed E-state index contributed by atoms with van der Waals surface area (Å²) in [6.45, 7) is 2.53. The van der Waals surface area contributed by atoms with Gasteiger partial charge in [0, 0.05) is 19.8 Å². The van der Waals surface area contributed by atoms with E-state index < -0.39 is 0 Å². The molecule has 1 aromatic rings. The number of rotatable bonds is 3. The van der Waals surface area contributed by atoms with Crippen molar-refractivity contribution in [2.75, 3.05) is 6.54 Å². The highest BCUT2D eigenvalue weighted by Crippen LogP contribution is 2.23. The van der Waals surface area contributed by atoms with Gasteiger partial charge in [-0.2, -0.15) is 5.10 Å². The van der Waals surface area contributed by atoms with Crippen LogP contribution in [-0.4, -0.2) is 33.4 Å². The van der Waals surface area contributed by atoms with Crippen LogP contribution in [0.3, 0.4) is 0 Å². The van der Waals surface area contributed by atoms with Crippen molar-refractivity contribution in [3.8, 4) is 0 Å². The van der Waals surface area contributed by atoms with Gasteiger partial charge >= 0.3 is 0 Å². The Balaban J connectivity index is 1.83. The van der Waals surface area contributed by atoms with Gasteiger partial charge in [-0.3, -0.25) is 9.48 Å². The number of aromatic nitrogens is 2. The number of amides is 1. The number of aliphatic hydroxyl groups is 1. The Labute approximate surface area is 107 Å². The van der Waals surface area contributed by atoms with Crippen LogP contribution in [0.4, 0.5) is 0 Å². The molecule has 1 saturated carbocycles. The highest BCUT2D eigenvalue weighted by atomic mass is 16.3. The smallest absolute Gasteiger partial charge is 0.254 e. The largest absolute Gasteiger partial charge is 0.393 e. The summed E-state index contributed by atoms with van der Waals surface area (Å²) in [6, 6.07) is 0. The topological polar surface area (TPSA) is 67.2 Å². The SMILES string of the molecule is Cc1nn(C)cc1C(=O)NCC1CCC(O)CC1. The summed E-state index contributed by atoms with van der Waals surface area (Å²) < 4.78 is 1.65. The van der Waals surface area contributed by atoms with Gasteiger partial charge in [0.2, 0.25) is 0 Å². The molecule has 1 aliphatic carbocycles. The van der Waals surface area contributed by atoms with E-state index in [4.69, 9.17) is 0 Å². The Morgan fingerprint density at radius 3 is 2.72 bits per heavy atom. The van der Waals surface area contributed by atoms with Gasteiger partial charge in [-0.25, -0.2) is 0 Å². The number of carbonyl (C=O) groups is 1. The van der Waals surface area contributed by atoms with Gasteiger partial charge in [0.15, 0.2) is 0 Å². The fraction of sp³-hybridized carbons (Fsp3) is 0.692. The second kappa shape index (κ2) is 5.52. The van der Waals surface area contributed by atoms with E-state index in [-0.39, 0.29) is 12.0 Å². The predicted molar refractivity (Wildman–Crippen MR) is 68.2 cm³/mol. The van der Waals surface area contributed by atoms with Crippen LogP contribution < -0.4 is 5.32 Å². The third-order valence-corrected chi connectivity index (χ3v) is 3.63. The number of carbonyl (C=O) groups excluding carboxylic acids is 1. The Hall–Kier alpha value is -1.36. The van der Waals surface area contributed by atoms with Crippen molar-refractivity contribution >= 4 is 5.91 Å². The molecule has 0 saturated heterocycles. The molecular weight excluding hydrogens is 230 g/mol. The molecule has 5 nitrogen and oxygen atoms in total. The summed E-state index contributed by atoms with van der Waals surface area (Å²) >= 11 is 0. The van der Waals surface area contributed by atoms with Gasteiger partial charge in [-0.05, 0) is 38.5 Å². The van der Waals surface area contributed by atoms with Gasteiger partial charge in [-0.1, -0.05) is 0 Å². The first-order valence-corrected chi connectivity index (χ1v) is 6.52. The number of hydrogen-bond acceptors (Lipinski definition) is 3. The Morgan fingerprint density at radius 1 is 1.50 bits per heavy atom. The average molecular weight is 251 g/mol. The van der Waals surface area contributed by atoms with Gasteiger partial charge in [0.05, 0.1) is 17.4 Å². The molecule has 18 heavy (non-hydrogen) atoms. The normalized spacial score (nSPS) is 23.9. The maximum Gasteiger partial charge on any atom is 0.254 e. The molecule has 1 fully saturated rings. The molecule has 1 heterocycles. The molecule has 0 atom stereocenters. The van der Waals surface area contributed by atoms with Gasteiger partial charge in [0.1, 0.15) is 0 Å². The number of aryl methyl sites for hydroxylation is 2. The van der Waals surface area contributed by atoms with Crippen LogP contribution in [0, 0.1) is 12.8 Å². The molecule has 0 radical (unpaired) electrons. The molecule has 1 aromatic heterocycles. The molecule has 1 aliphatic rings. The molecule has 0 unspecified atom stereocenters. The number of nitrogens with one attached hydrogen (secondary N) is 1. The van der Waals surface area contributed by atoms with E-state index >= 15 is 0 Å². The standard InChI is InChI=1S/C13H21N3O2/c1-9-12(8-16(2)15-9)13(18)14-7-10-3-5-11(17)6-4-10/h8,10-11,17H,3-7H2,1-2H3,(H,14,18). The van der Waals surface area contributed by atoms with Crippen LogP contribution in [0.2, 0.25) is 0 Å². The lowest BCUT2D eigenvalue weighted by molar-refractivity contribution is 0.0909. The summed E-state index contributed by atoms with van der Waals surface area (Å²) in [4.78, 5) is 12.0. The lowest BCUT2D eigenvalue weighted by atomic mass is 9.87. The van der Waals surface area contributed by atoms with Crippen LogP contribution in [0.5, 0.6) is 0 Å². The van der Waals surface area contributed by atoms with Gasteiger partial charge in [-0.15, -0.1) is 0 Å². The maximum atomic E-state index is 12.0. The van der Waals surface area contributed by atoms with E-state index in [1.54, 1.807) is 10.9 Å². The summed E-state index contributed by atoms with van der Waals surface area (Å²) in [7, 11) is 1.81. The van der Waals surface area contributed by atoms with E-state index in [0.717, 1.165) is 31.4 Å². The quantitative estimate of drug-likeness (QED) is 0.842. The molecule has 100 valence electrons. The zero-order valence-electron chi connectivity index (χ0n) is 11.0. The van der Waals surface area contributed by atoms with E-state index in [1.165, 1.54) is 0 Å². The van der Waals surface area contributed by atoms with E-state index in [9.17, 15) is 9.90 Å². The molecule has 1 amide bonds. The molecule has 0 aromatic carbocycles. The Morgan fingerprint density at radius 2 is 2.17 bits per heavy atom. The lowest BCUT2D eigenvalue weighted by Gasteiger charge is -2.25. The zero-order valence-corrected chi connectivity index (χ0v) is 11.0. The van der Waals surface area contributed by atoms with Crippen molar-refractivity contribution in [2.24, 2.45) is 13.0 Å². The monoisotopic (exact) mass is 251 g/mol. The third-order valence-electron chi connectivity index (χ3n) is 3.63. The lowest BCUT2D eigenvalue weighted by Crippen LogP contribution is -2.32. The number of aliphatic hydroxyl groups excluding tert-OH is 1. The van der Waals surface area contributed by atoms with Crippen LogP contribution >= 0.6 is 0 Å². The fourth-order valence-electron chi connectivity index (χ4n) is 2.50. The average Bonchev–Trinajstić information content (AvgIpc) is 2.67. The van der Waals surface area contributed by atoms with Crippen molar-refractivity contribution in [3.05, 3.63) is 17.5 Å². The summed E-state index contributed by atoms with van der Waals surface area (Å²) in [5.41, 5.74) is 1.41. The third kappa shape index (κ3) is 3.10. The molecule has 0 bridgehead atoms. The molecule has 2 rings (SSSR count). The second-order valence-corrected chi connectivity index (χ2v) is 5.19. The van der Waals surface area contributed by atoms with Gasteiger partial charge in [0.25, 0.3) is 5.91 Å². The first kappa shape index (κ1) is 13.1. The molecule has 2 N–H and O–H groups in total. The van der Waals surface area contributed by atoms with E-state index in [0.29, 0.717) is 18.0 Å². The van der Waals surface area contributed by atoms with Gasteiger partial charge < -0.3 is 10.4 Å². The van der Waals surface area contributed by atoms with E-state index in [1.807, 2.05) is 14.0 Å². The zero-order chi connectivity index (χ0) is 13.1. The second-order valence-electron chi connectivity index (χ2n) is 5.19. The van der Waals surface area contributed by atoms with Crippen LogP contribution in [0.25, 0.3) is 0 Å². The Bertz CT molecular complexity index is 420. The van der Waals surface area contributed by atoms with Crippen LogP contribution in [-0.2, 0) is 7.05 Å². The highest BCUT2D eigenvalue weighted by Gasteiger charge is 2.20. The summed E-state index contributed by atoms with van der Waals surface area (Å²) in [6.07, 6.45) is 5.30. The molecule has 0 aliphatic heterocycles. The first-order chi connectivity index (χ1) is 8.56. The van der Waals surface area contributed by atoms with Crippen LogP contribution in [0.15, 0.2) is 6.20 Å². The van der Waals surface area contributed by atoms with E-state index in [2.05, 4.69) is 10.4 Å². The van der Waals surface area contributed by atoms with Crippen molar-refractivity contribution in [3.63, 3.8) is 0 Å². The molecule has 0 spiro atoms. The van der Waals surface area contributed by atoms with Crippen molar-refractivity contribution < 1.29 is 9.90 Å². The minimum absolute atomic E-state index is 0.0493. The minimum atomic E-state index is -0.141. The highest BCUT2D eigenvalue weighted by molar-refractivity contribution is 5.94. The van der Waals surface area contributed by atoms with Crippen LogP contribution in [0.1, 0.15) is 41.7 Å².